The van der Waals surface area contributed by atoms with Crippen molar-refractivity contribution in [3.05, 3.63) is 39.9 Å². The van der Waals surface area contributed by atoms with Crippen LogP contribution in [0.1, 0.15) is 12.0 Å². The first kappa shape index (κ1) is 16.3. The van der Waals surface area contributed by atoms with Crippen LogP contribution >= 0.6 is 12.4 Å². The Bertz CT molecular complexity index is 408. The fourth-order valence-corrected chi connectivity index (χ4v) is 1.43. The van der Waals surface area contributed by atoms with Gasteiger partial charge in [-0.25, -0.2) is 0 Å². The Kier molecular flexibility index (Phi) is 6.92. The molecule has 0 radical (unpaired) electrons. The SMILES string of the molecule is COC(=O)C[C@H](N)Cc1ccc([N+](=O)[O-])cc1.Cl. The van der Waals surface area contributed by atoms with E-state index in [9.17, 15) is 14.9 Å². The second-order valence-corrected chi connectivity index (χ2v) is 3.67. The molecule has 1 atom stereocenters. The zero-order valence-electron chi connectivity index (χ0n) is 9.87. The summed E-state index contributed by atoms with van der Waals surface area (Å²) in [4.78, 5) is 20.9. The van der Waals surface area contributed by atoms with Crippen LogP contribution in [0.2, 0.25) is 0 Å². The molecule has 7 heteroatoms. The van der Waals surface area contributed by atoms with Gasteiger partial charge in [0.1, 0.15) is 0 Å². The van der Waals surface area contributed by atoms with Gasteiger partial charge in [-0.2, -0.15) is 0 Å². The Morgan fingerprint density at radius 1 is 1.44 bits per heavy atom. The van der Waals surface area contributed by atoms with Crippen LogP contribution in [0.5, 0.6) is 0 Å². The maximum absolute atomic E-state index is 11.0. The van der Waals surface area contributed by atoms with E-state index < -0.39 is 4.92 Å². The third-order valence-corrected chi connectivity index (χ3v) is 2.30. The summed E-state index contributed by atoms with van der Waals surface area (Å²) in [6.45, 7) is 0. The normalized spacial score (nSPS) is 11.2. The van der Waals surface area contributed by atoms with E-state index in [1.54, 1.807) is 12.1 Å². The fourth-order valence-electron chi connectivity index (χ4n) is 1.43. The van der Waals surface area contributed by atoms with Gasteiger partial charge in [0.05, 0.1) is 18.5 Å². The molecular weight excluding hydrogens is 260 g/mol. The minimum Gasteiger partial charge on any atom is -0.469 e. The highest BCUT2D eigenvalue weighted by Gasteiger charge is 2.11. The summed E-state index contributed by atoms with van der Waals surface area (Å²) >= 11 is 0. The number of nitro groups is 1. The Labute approximate surface area is 111 Å². The molecule has 0 amide bonds. The third-order valence-electron chi connectivity index (χ3n) is 2.30. The summed E-state index contributed by atoms with van der Waals surface area (Å²) in [6, 6.07) is 5.76. The molecule has 0 aromatic heterocycles. The predicted octanol–water partition coefficient (Wildman–Crippen LogP) is 1.45. The van der Waals surface area contributed by atoms with Crippen LogP contribution < -0.4 is 5.73 Å². The minimum absolute atomic E-state index is 0. The number of nitrogens with zero attached hydrogens (tertiary/aromatic N) is 1. The highest BCUT2D eigenvalue weighted by Crippen LogP contribution is 2.13. The highest BCUT2D eigenvalue weighted by atomic mass is 35.5. The summed E-state index contributed by atoms with van der Waals surface area (Å²) in [5.41, 5.74) is 6.64. The summed E-state index contributed by atoms with van der Waals surface area (Å²) < 4.78 is 4.50. The first-order valence-corrected chi connectivity index (χ1v) is 5.08. The van der Waals surface area contributed by atoms with E-state index in [0.717, 1.165) is 5.56 Å². The van der Waals surface area contributed by atoms with E-state index in [1.165, 1.54) is 19.2 Å². The van der Waals surface area contributed by atoms with Crippen LogP contribution in [0.25, 0.3) is 0 Å². The number of nitro benzene ring substituents is 1. The quantitative estimate of drug-likeness (QED) is 0.498. The minimum atomic E-state index is -0.460. The first-order chi connectivity index (χ1) is 8.02. The van der Waals surface area contributed by atoms with Crippen molar-refractivity contribution in [3.8, 4) is 0 Å². The number of carbonyl (C=O) groups is 1. The van der Waals surface area contributed by atoms with E-state index in [1.807, 2.05) is 0 Å². The largest absolute Gasteiger partial charge is 0.469 e. The third kappa shape index (κ3) is 5.11. The standard InChI is InChI=1S/C11H14N2O4.ClH/c1-17-11(14)7-9(12)6-8-2-4-10(5-3-8)13(15)16;/h2-5,9H,6-7,12H2,1H3;1H/t9-;/m1./s1. The number of halogens is 1. The average Bonchev–Trinajstić information content (AvgIpc) is 2.29. The topological polar surface area (TPSA) is 95.5 Å². The molecule has 0 heterocycles. The Hall–Kier alpha value is -1.66. The highest BCUT2D eigenvalue weighted by molar-refractivity contribution is 5.85. The number of non-ortho nitro benzene ring substituents is 1. The number of rotatable bonds is 5. The van der Waals surface area contributed by atoms with E-state index >= 15 is 0 Å². The number of methoxy groups -OCH3 is 1. The van der Waals surface area contributed by atoms with Crippen LogP contribution in [0.3, 0.4) is 0 Å². The maximum atomic E-state index is 11.0. The van der Waals surface area contributed by atoms with Crippen LogP contribution in [0.4, 0.5) is 5.69 Å². The van der Waals surface area contributed by atoms with Gasteiger partial charge in [0.15, 0.2) is 0 Å². The van der Waals surface area contributed by atoms with Crippen LogP contribution in [0.15, 0.2) is 24.3 Å². The number of ether oxygens (including phenoxy) is 1. The number of hydrogen-bond acceptors (Lipinski definition) is 5. The summed E-state index contributed by atoms with van der Waals surface area (Å²) in [5.74, 6) is -0.362. The number of esters is 1. The van der Waals surface area contributed by atoms with E-state index in [2.05, 4.69) is 4.74 Å². The Morgan fingerprint density at radius 3 is 2.44 bits per heavy atom. The van der Waals surface area contributed by atoms with Crippen molar-refractivity contribution in [2.75, 3.05) is 7.11 Å². The molecule has 0 unspecified atom stereocenters. The molecule has 0 fully saturated rings. The van der Waals surface area contributed by atoms with Crippen molar-refractivity contribution >= 4 is 24.1 Å². The molecule has 1 aromatic rings. The Balaban J connectivity index is 0.00000289. The first-order valence-electron chi connectivity index (χ1n) is 5.08. The summed E-state index contributed by atoms with van der Waals surface area (Å²) in [7, 11) is 1.31. The van der Waals surface area contributed by atoms with Crippen molar-refractivity contribution < 1.29 is 14.5 Å². The van der Waals surface area contributed by atoms with Crippen LogP contribution in [-0.4, -0.2) is 24.0 Å². The van der Waals surface area contributed by atoms with Crippen LogP contribution in [-0.2, 0) is 16.0 Å². The molecule has 18 heavy (non-hydrogen) atoms. The molecule has 2 N–H and O–H groups in total. The van der Waals surface area contributed by atoms with Gasteiger partial charge in [-0.05, 0) is 12.0 Å². The van der Waals surface area contributed by atoms with Crippen LogP contribution in [0, 0.1) is 10.1 Å². The maximum Gasteiger partial charge on any atom is 0.307 e. The summed E-state index contributed by atoms with van der Waals surface area (Å²) in [5, 5.41) is 10.4. The lowest BCUT2D eigenvalue weighted by Gasteiger charge is -2.09. The van der Waals surface area contributed by atoms with Crippen molar-refractivity contribution in [2.45, 2.75) is 18.9 Å². The molecule has 0 bridgehead atoms. The van der Waals surface area contributed by atoms with Gasteiger partial charge < -0.3 is 10.5 Å². The molecule has 0 saturated heterocycles. The van der Waals surface area contributed by atoms with E-state index in [4.69, 9.17) is 5.73 Å². The van der Waals surface area contributed by atoms with Crippen molar-refractivity contribution in [1.82, 2.24) is 0 Å². The number of benzene rings is 1. The van der Waals surface area contributed by atoms with Gasteiger partial charge in [-0.15, -0.1) is 12.4 Å². The smallest absolute Gasteiger partial charge is 0.307 e. The molecular formula is C11H15ClN2O4. The second kappa shape index (κ2) is 7.62. The van der Waals surface area contributed by atoms with Gasteiger partial charge in [-0.3, -0.25) is 14.9 Å². The molecule has 0 aliphatic heterocycles. The van der Waals surface area contributed by atoms with Gasteiger partial charge >= 0.3 is 5.97 Å². The summed E-state index contributed by atoms with van der Waals surface area (Å²) in [6.07, 6.45) is 0.612. The fraction of sp³-hybridized carbons (Fsp3) is 0.364. The average molecular weight is 275 g/mol. The molecule has 0 saturated carbocycles. The molecule has 6 nitrogen and oxygen atoms in total. The van der Waals surface area contributed by atoms with E-state index in [0.29, 0.717) is 6.42 Å². The van der Waals surface area contributed by atoms with Crippen molar-refractivity contribution in [1.29, 1.82) is 0 Å². The number of nitrogens with two attached hydrogens (primary N) is 1. The lowest BCUT2D eigenvalue weighted by atomic mass is 10.0. The monoisotopic (exact) mass is 274 g/mol. The molecule has 1 aromatic carbocycles. The van der Waals surface area contributed by atoms with Crippen molar-refractivity contribution in [2.24, 2.45) is 5.73 Å². The predicted molar refractivity (Wildman–Crippen MR) is 68.7 cm³/mol. The van der Waals surface area contributed by atoms with Gasteiger partial charge in [0.25, 0.3) is 5.69 Å². The zero-order valence-corrected chi connectivity index (χ0v) is 10.7. The molecule has 0 spiro atoms. The number of hydrogen-bond donors (Lipinski definition) is 1. The number of carbonyl (C=O) groups excluding carboxylic acids is 1. The lowest BCUT2D eigenvalue weighted by Crippen LogP contribution is -2.26. The molecule has 0 aliphatic carbocycles. The lowest BCUT2D eigenvalue weighted by molar-refractivity contribution is -0.384. The van der Waals surface area contributed by atoms with Gasteiger partial charge in [0, 0.05) is 18.2 Å². The van der Waals surface area contributed by atoms with E-state index in [-0.39, 0.29) is 36.5 Å². The molecule has 1 rings (SSSR count). The Morgan fingerprint density at radius 2 is 2.00 bits per heavy atom. The molecule has 100 valence electrons. The van der Waals surface area contributed by atoms with Gasteiger partial charge in [-0.1, -0.05) is 12.1 Å². The second-order valence-electron chi connectivity index (χ2n) is 3.67. The zero-order chi connectivity index (χ0) is 12.8. The molecule has 0 aliphatic rings. The van der Waals surface area contributed by atoms with Gasteiger partial charge in [0.2, 0.25) is 0 Å². The van der Waals surface area contributed by atoms with Crippen molar-refractivity contribution in [3.63, 3.8) is 0 Å².